The van der Waals surface area contributed by atoms with Crippen molar-refractivity contribution in [2.75, 3.05) is 7.11 Å². The third-order valence-corrected chi connectivity index (χ3v) is 3.09. The lowest BCUT2D eigenvalue weighted by Crippen LogP contribution is -2.10. The van der Waals surface area contributed by atoms with Gasteiger partial charge < -0.3 is 9.30 Å². The first-order valence-corrected chi connectivity index (χ1v) is 6.08. The van der Waals surface area contributed by atoms with Gasteiger partial charge in [0.25, 0.3) is 0 Å². The fraction of sp³-hybridized carbons (Fsp3) is 0.214. The zero-order valence-corrected chi connectivity index (χ0v) is 11.1. The Morgan fingerprint density at radius 2 is 1.94 bits per heavy atom. The second-order valence-corrected chi connectivity index (χ2v) is 4.30. The molecule has 0 spiro atoms. The maximum atomic E-state index is 11.8. The van der Waals surface area contributed by atoms with Crippen molar-refractivity contribution in [3.8, 4) is 11.1 Å². The molecule has 0 aliphatic heterocycles. The second kappa shape index (κ2) is 5.27. The lowest BCUT2D eigenvalue weighted by atomic mass is 10.1. The molecule has 0 amide bonds. The largest absolute Gasteiger partial charge is 0.464 e. The maximum absolute atomic E-state index is 11.8. The van der Waals surface area contributed by atoms with Crippen LogP contribution in [0.1, 0.15) is 17.4 Å². The molecule has 4 heteroatoms. The SMILES string of the molecule is CCn1ccc(-c2ccc(Cl)cc2)c1C(=O)OC. The van der Waals surface area contributed by atoms with Crippen molar-refractivity contribution in [2.45, 2.75) is 13.5 Å². The third kappa shape index (κ3) is 2.27. The van der Waals surface area contributed by atoms with E-state index < -0.39 is 0 Å². The van der Waals surface area contributed by atoms with Crippen molar-refractivity contribution >= 4 is 17.6 Å². The van der Waals surface area contributed by atoms with E-state index in [0.29, 0.717) is 10.7 Å². The normalized spacial score (nSPS) is 10.4. The van der Waals surface area contributed by atoms with Gasteiger partial charge in [-0.3, -0.25) is 0 Å². The number of rotatable bonds is 3. The van der Waals surface area contributed by atoms with Crippen molar-refractivity contribution in [1.29, 1.82) is 0 Å². The minimum Gasteiger partial charge on any atom is -0.464 e. The summed E-state index contributed by atoms with van der Waals surface area (Å²) in [5.41, 5.74) is 2.38. The third-order valence-electron chi connectivity index (χ3n) is 2.84. The topological polar surface area (TPSA) is 31.2 Å². The molecule has 18 heavy (non-hydrogen) atoms. The Morgan fingerprint density at radius 1 is 1.28 bits per heavy atom. The van der Waals surface area contributed by atoms with Crippen LogP contribution in [-0.2, 0) is 11.3 Å². The maximum Gasteiger partial charge on any atom is 0.355 e. The summed E-state index contributed by atoms with van der Waals surface area (Å²) in [6, 6.07) is 9.32. The highest BCUT2D eigenvalue weighted by Gasteiger charge is 2.18. The molecule has 94 valence electrons. The van der Waals surface area contributed by atoms with Crippen LogP contribution in [0.2, 0.25) is 5.02 Å². The summed E-state index contributed by atoms with van der Waals surface area (Å²) in [5, 5.41) is 0.674. The molecule has 1 aromatic carbocycles. The average molecular weight is 264 g/mol. The molecular formula is C14H14ClNO2. The first kappa shape index (κ1) is 12.7. The minimum atomic E-state index is -0.327. The van der Waals surface area contributed by atoms with Gasteiger partial charge in [-0.1, -0.05) is 23.7 Å². The van der Waals surface area contributed by atoms with Crippen molar-refractivity contribution in [1.82, 2.24) is 4.57 Å². The summed E-state index contributed by atoms with van der Waals surface area (Å²) in [4.78, 5) is 11.8. The smallest absolute Gasteiger partial charge is 0.355 e. The molecular weight excluding hydrogens is 250 g/mol. The van der Waals surface area contributed by atoms with Gasteiger partial charge in [0.05, 0.1) is 7.11 Å². The van der Waals surface area contributed by atoms with E-state index in [1.54, 1.807) is 12.1 Å². The number of carbonyl (C=O) groups excluding carboxylic acids is 1. The molecule has 0 saturated carbocycles. The number of esters is 1. The molecule has 0 saturated heterocycles. The van der Waals surface area contributed by atoms with Gasteiger partial charge in [0.2, 0.25) is 0 Å². The van der Waals surface area contributed by atoms with E-state index in [9.17, 15) is 4.79 Å². The number of aryl methyl sites for hydroxylation is 1. The average Bonchev–Trinajstić information content (AvgIpc) is 2.82. The van der Waals surface area contributed by atoms with Crippen LogP contribution in [0.4, 0.5) is 0 Å². The molecule has 0 atom stereocenters. The number of hydrogen-bond donors (Lipinski definition) is 0. The number of carbonyl (C=O) groups is 1. The van der Waals surface area contributed by atoms with Crippen LogP contribution < -0.4 is 0 Å². The number of ether oxygens (including phenoxy) is 1. The minimum absolute atomic E-state index is 0.327. The van der Waals surface area contributed by atoms with Crippen molar-refractivity contribution < 1.29 is 9.53 Å². The van der Waals surface area contributed by atoms with E-state index in [1.807, 2.05) is 35.9 Å². The molecule has 0 N–H and O–H groups in total. The molecule has 1 aromatic heterocycles. The number of aromatic nitrogens is 1. The van der Waals surface area contributed by atoms with Gasteiger partial charge in [-0.05, 0) is 30.7 Å². The van der Waals surface area contributed by atoms with Crippen LogP contribution in [0.5, 0.6) is 0 Å². The molecule has 0 bridgehead atoms. The molecule has 0 unspecified atom stereocenters. The second-order valence-electron chi connectivity index (χ2n) is 3.86. The summed E-state index contributed by atoms with van der Waals surface area (Å²) >= 11 is 5.86. The highest BCUT2D eigenvalue weighted by molar-refractivity contribution is 6.30. The van der Waals surface area contributed by atoms with Crippen molar-refractivity contribution in [3.05, 3.63) is 47.2 Å². The summed E-state index contributed by atoms with van der Waals surface area (Å²) < 4.78 is 6.71. The van der Waals surface area contributed by atoms with Crippen LogP contribution in [-0.4, -0.2) is 17.6 Å². The van der Waals surface area contributed by atoms with E-state index >= 15 is 0 Å². The number of halogens is 1. The Hall–Kier alpha value is -1.74. The van der Waals surface area contributed by atoms with Gasteiger partial charge in [0.1, 0.15) is 5.69 Å². The molecule has 3 nitrogen and oxygen atoms in total. The predicted molar refractivity (Wildman–Crippen MR) is 71.9 cm³/mol. The summed E-state index contributed by atoms with van der Waals surface area (Å²) in [7, 11) is 1.39. The van der Waals surface area contributed by atoms with Gasteiger partial charge in [0.15, 0.2) is 0 Å². The Bertz CT molecular complexity index is 558. The quantitative estimate of drug-likeness (QED) is 0.792. The predicted octanol–water partition coefficient (Wildman–Crippen LogP) is 3.62. The molecule has 2 aromatic rings. The van der Waals surface area contributed by atoms with E-state index in [1.165, 1.54) is 7.11 Å². The van der Waals surface area contributed by atoms with E-state index in [4.69, 9.17) is 16.3 Å². The Kier molecular flexibility index (Phi) is 3.72. The standard InChI is InChI=1S/C14H14ClNO2/c1-3-16-9-8-12(13(16)14(17)18-2)10-4-6-11(15)7-5-10/h4-9H,3H2,1-2H3. The molecule has 0 fully saturated rings. The van der Waals surface area contributed by atoms with Crippen LogP contribution in [0.25, 0.3) is 11.1 Å². The molecule has 1 heterocycles. The Morgan fingerprint density at radius 3 is 2.50 bits per heavy atom. The van der Waals surface area contributed by atoms with Gasteiger partial charge in [-0.2, -0.15) is 0 Å². The highest BCUT2D eigenvalue weighted by Crippen LogP contribution is 2.26. The lowest BCUT2D eigenvalue weighted by Gasteiger charge is -2.07. The van der Waals surface area contributed by atoms with Crippen LogP contribution in [0.3, 0.4) is 0 Å². The lowest BCUT2D eigenvalue weighted by molar-refractivity contribution is 0.0589. The zero-order chi connectivity index (χ0) is 13.1. The van der Waals surface area contributed by atoms with E-state index in [0.717, 1.165) is 17.7 Å². The fourth-order valence-electron chi connectivity index (χ4n) is 1.92. The van der Waals surface area contributed by atoms with Crippen molar-refractivity contribution in [3.63, 3.8) is 0 Å². The van der Waals surface area contributed by atoms with Gasteiger partial charge in [-0.15, -0.1) is 0 Å². The fourth-order valence-corrected chi connectivity index (χ4v) is 2.05. The van der Waals surface area contributed by atoms with Crippen LogP contribution in [0, 0.1) is 0 Å². The molecule has 0 radical (unpaired) electrons. The van der Waals surface area contributed by atoms with Crippen molar-refractivity contribution in [2.24, 2.45) is 0 Å². The highest BCUT2D eigenvalue weighted by atomic mass is 35.5. The zero-order valence-electron chi connectivity index (χ0n) is 10.3. The first-order chi connectivity index (χ1) is 8.67. The first-order valence-electron chi connectivity index (χ1n) is 5.70. The molecule has 0 aliphatic carbocycles. The van der Waals surface area contributed by atoms with E-state index in [2.05, 4.69) is 0 Å². The van der Waals surface area contributed by atoms with Gasteiger partial charge >= 0.3 is 5.97 Å². The molecule has 0 aliphatic rings. The number of methoxy groups -OCH3 is 1. The van der Waals surface area contributed by atoms with Gasteiger partial charge in [0, 0.05) is 23.3 Å². The summed E-state index contributed by atoms with van der Waals surface area (Å²) in [6.07, 6.45) is 1.89. The van der Waals surface area contributed by atoms with E-state index in [-0.39, 0.29) is 5.97 Å². The Balaban J connectivity index is 2.54. The van der Waals surface area contributed by atoms with Gasteiger partial charge in [-0.25, -0.2) is 4.79 Å². The number of nitrogens with zero attached hydrogens (tertiary/aromatic N) is 1. The number of hydrogen-bond acceptors (Lipinski definition) is 2. The monoisotopic (exact) mass is 263 g/mol. The number of benzene rings is 1. The van der Waals surface area contributed by atoms with Crippen LogP contribution >= 0.6 is 11.6 Å². The summed E-state index contributed by atoms with van der Waals surface area (Å²) in [6.45, 7) is 2.70. The Labute approximate surface area is 111 Å². The van der Waals surface area contributed by atoms with Crippen LogP contribution in [0.15, 0.2) is 36.5 Å². The summed E-state index contributed by atoms with van der Waals surface area (Å²) in [5.74, 6) is -0.327. The molecule has 2 rings (SSSR count).